The lowest BCUT2D eigenvalue weighted by Gasteiger charge is -2.19. The molecule has 0 aromatic carbocycles. The Kier molecular flexibility index (Phi) is 6.90. The lowest BCUT2D eigenvalue weighted by Crippen LogP contribution is -2.31. The number of ether oxygens (including phenoxy) is 1. The molecular weight excluding hydrogens is 278 g/mol. The van der Waals surface area contributed by atoms with Gasteiger partial charge < -0.3 is 10.1 Å². The van der Waals surface area contributed by atoms with Gasteiger partial charge in [0, 0.05) is 39.1 Å². The number of nitrogens with one attached hydrogen (secondary N) is 1. The van der Waals surface area contributed by atoms with Gasteiger partial charge in [0.1, 0.15) is 4.90 Å². The molecule has 114 valence electrons. The van der Waals surface area contributed by atoms with E-state index in [-0.39, 0.29) is 4.90 Å². The predicted octanol–water partition coefficient (Wildman–Crippen LogP) is 1.56. The van der Waals surface area contributed by atoms with Crippen LogP contribution in [-0.2, 0) is 14.8 Å². The molecule has 0 radical (unpaired) electrons. The maximum absolute atomic E-state index is 12.5. The second kappa shape index (κ2) is 8.18. The van der Waals surface area contributed by atoms with Gasteiger partial charge in [0.25, 0.3) is 0 Å². The summed E-state index contributed by atoms with van der Waals surface area (Å²) in [7, 11) is -2.01. The van der Waals surface area contributed by atoms with Gasteiger partial charge in [-0.25, -0.2) is 8.42 Å². The average molecular weight is 301 g/mol. The molecule has 1 rings (SSSR count). The smallest absolute Gasteiger partial charge is 0.246 e. The van der Waals surface area contributed by atoms with E-state index in [1.165, 1.54) is 10.5 Å². The molecule has 0 amide bonds. The lowest BCUT2D eigenvalue weighted by molar-refractivity contribution is 0.138. The number of aromatic nitrogens is 1. The maximum Gasteiger partial charge on any atom is 0.246 e. The summed E-state index contributed by atoms with van der Waals surface area (Å²) in [5.74, 6) is 0. The molecule has 0 fully saturated rings. The second-order valence-corrected chi connectivity index (χ2v) is 6.34. The van der Waals surface area contributed by atoms with Gasteiger partial charge in [-0.3, -0.25) is 4.98 Å². The largest absolute Gasteiger partial charge is 0.384 e. The third-order valence-corrected chi connectivity index (χ3v) is 4.68. The Hall–Kier alpha value is -1.18. The molecule has 0 unspecified atom stereocenters. The van der Waals surface area contributed by atoms with Gasteiger partial charge in [-0.1, -0.05) is 6.92 Å². The van der Waals surface area contributed by atoms with Crippen molar-refractivity contribution < 1.29 is 13.2 Å². The molecule has 6 nitrogen and oxygen atoms in total. The van der Waals surface area contributed by atoms with Crippen molar-refractivity contribution in [2.45, 2.75) is 25.2 Å². The van der Waals surface area contributed by atoms with Gasteiger partial charge in [0.15, 0.2) is 0 Å². The maximum atomic E-state index is 12.5. The van der Waals surface area contributed by atoms with Gasteiger partial charge in [-0.05, 0) is 19.4 Å². The van der Waals surface area contributed by atoms with E-state index in [0.29, 0.717) is 25.4 Å². The SMILES string of the molecule is CCCNc1ccncc1S(=O)(=O)N(C)CCOCC. The van der Waals surface area contributed by atoms with Crippen molar-refractivity contribution in [2.24, 2.45) is 0 Å². The summed E-state index contributed by atoms with van der Waals surface area (Å²) in [5, 5.41) is 3.11. The lowest BCUT2D eigenvalue weighted by atomic mass is 10.4. The second-order valence-electron chi connectivity index (χ2n) is 4.32. The minimum absolute atomic E-state index is 0.201. The van der Waals surface area contributed by atoms with Crippen molar-refractivity contribution in [3.8, 4) is 0 Å². The van der Waals surface area contributed by atoms with Crippen LogP contribution in [0.15, 0.2) is 23.4 Å². The number of pyridine rings is 1. The fourth-order valence-corrected chi connectivity index (χ4v) is 2.88. The molecule has 0 bridgehead atoms. The van der Waals surface area contributed by atoms with E-state index in [1.54, 1.807) is 19.3 Å². The number of nitrogens with zero attached hydrogens (tertiary/aromatic N) is 2. The average Bonchev–Trinajstić information content (AvgIpc) is 2.45. The molecule has 0 saturated heterocycles. The van der Waals surface area contributed by atoms with Crippen LogP contribution in [0.25, 0.3) is 0 Å². The number of hydrogen-bond acceptors (Lipinski definition) is 5. The molecular formula is C13H23N3O3S. The quantitative estimate of drug-likeness (QED) is 0.701. The van der Waals surface area contributed by atoms with Crippen LogP contribution >= 0.6 is 0 Å². The molecule has 7 heteroatoms. The molecule has 0 saturated carbocycles. The van der Waals surface area contributed by atoms with E-state index >= 15 is 0 Å². The van der Waals surface area contributed by atoms with Crippen LogP contribution in [-0.4, -0.2) is 51.1 Å². The van der Waals surface area contributed by atoms with Crippen LogP contribution in [0.4, 0.5) is 5.69 Å². The number of likely N-dealkylation sites (N-methyl/N-ethyl adjacent to an activating group) is 1. The normalized spacial score (nSPS) is 11.8. The van der Waals surface area contributed by atoms with Crippen molar-refractivity contribution in [2.75, 3.05) is 38.7 Å². The molecule has 1 aromatic rings. The molecule has 0 aliphatic rings. The van der Waals surface area contributed by atoms with Gasteiger partial charge in [0.05, 0.1) is 12.3 Å². The number of anilines is 1. The third kappa shape index (κ3) is 4.43. The van der Waals surface area contributed by atoms with Gasteiger partial charge in [-0.15, -0.1) is 0 Å². The standard InChI is InChI=1S/C13H23N3O3S/c1-4-7-15-12-6-8-14-11-13(12)20(17,18)16(3)9-10-19-5-2/h6,8,11H,4-5,7,9-10H2,1-3H3,(H,14,15). The summed E-state index contributed by atoms with van der Waals surface area (Å²) in [4.78, 5) is 4.12. The Morgan fingerprint density at radius 1 is 1.40 bits per heavy atom. The van der Waals surface area contributed by atoms with Gasteiger partial charge in [0.2, 0.25) is 10.0 Å². The molecule has 0 atom stereocenters. The Morgan fingerprint density at radius 3 is 2.80 bits per heavy atom. The summed E-state index contributed by atoms with van der Waals surface area (Å²) >= 11 is 0. The van der Waals surface area contributed by atoms with E-state index < -0.39 is 10.0 Å². The van der Waals surface area contributed by atoms with Crippen molar-refractivity contribution in [1.29, 1.82) is 0 Å². The van der Waals surface area contributed by atoms with Crippen LogP contribution in [0.2, 0.25) is 0 Å². The number of sulfonamides is 1. The van der Waals surface area contributed by atoms with Crippen LogP contribution in [0.1, 0.15) is 20.3 Å². The highest BCUT2D eigenvalue weighted by molar-refractivity contribution is 7.89. The fourth-order valence-electron chi connectivity index (χ4n) is 1.62. The van der Waals surface area contributed by atoms with Crippen molar-refractivity contribution in [1.82, 2.24) is 9.29 Å². The Labute approximate surface area is 121 Å². The van der Waals surface area contributed by atoms with Crippen molar-refractivity contribution in [3.63, 3.8) is 0 Å². The van der Waals surface area contributed by atoms with E-state index in [9.17, 15) is 8.42 Å². The molecule has 1 aromatic heterocycles. The van der Waals surface area contributed by atoms with E-state index in [4.69, 9.17) is 4.74 Å². The highest BCUT2D eigenvalue weighted by Gasteiger charge is 2.23. The minimum Gasteiger partial charge on any atom is -0.384 e. The number of rotatable bonds is 9. The minimum atomic E-state index is -3.55. The molecule has 1 N–H and O–H groups in total. The van der Waals surface area contributed by atoms with Crippen LogP contribution < -0.4 is 5.32 Å². The molecule has 20 heavy (non-hydrogen) atoms. The van der Waals surface area contributed by atoms with Crippen LogP contribution in [0.3, 0.4) is 0 Å². The summed E-state index contributed by atoms with van der Waals surface area (Å²) in [6.07, 6.45) is 3.88. The Bertz CT molecular complexity index is 505. The first-order valence-electron chi connectivity index (χ1n) is 6.76. The monoisotopic (exact) mass is 301 g/mol. The molecule has 0 aliphatic carbocycles. The van der Waals surface area contributed by atoms with Crippen LogP contribution in [0, 0.1) is 0 Å². The summed E-state index contributed by atoms with van der Waals surface area (Å²) in [6, 6.07) is 1.68. The van der Waals surface area contributed by atoms with E-state index in [1.807, 2.05) is 13.8 Å². The molecule has 1 heterocycles. The summed E-state index contributed by atoms with van der Waals surface area (Å²) in [6.45, 7) is 5.89. The summed E-state index contributed by atoms with van der Waals surface area (Å²) < 4.78 is 31.5. The number of hydrogen-bond donors (Lipinski definition) is 1. The van der Waals surface area contributed by atoms with Gasteiger partial charge in [-0.2, -0.15) is 4.31 Å². The van der Waals surface area contributed by atoms with Gasteiger partial charge >= 0.3 is 0 Å². The Morgan fingerprint density at radius 2 is 2.15 bits per heavy atom. The zero-order valence-corrected chi connectivity index (χ0v) is 13.1. The molecule has 0 spiro atoms. The first-order valence-corrected chi connectivity index (χ1v) is 8.20. The highest BCUT2D eigenvalue weighted by Crippen LogP contribution is 2.22. The topological polar surface area (TPSA) is 71.5 Å². The van der Waals surface area contributed by atoms with E-state index in [0.717, 1.165) is 13.0 Å². The third-order valence-electron chi connectivity index (χ3n) is 2.79. The first-order chi connectivity index (χ1) is 9.54. The fraction of sp³-hybridized carbons (Fsp3) is 0.615. The first kappa shape index (κ1) is 16.9. The van der Waals surface area contributed by atoms with Crippen molar-refractivity contribution in [3.05, 3.63) is 18.5 Å². The predicted molar refractivity (Wildman–Crippen MR) is 79.3 cm³/mol. The van der Waals surface area contributed by atoms with Crippen molar-refractivity contribution >= 4 is 15.7 Å². The Balaban J connectivity index is 2.90. The van der Waals surface area contributed by atoms with Crippen LogP contribution in [0.5, 0.6) is 0 Å². The zero-order valence-electron chi connectivity index (χ0n) is 12.3. The highest BCUT2D eigenvalue weighted by atomic mass is 32.2. The molecule has 0 aliphatic heterocycles. The zero-order chi connectivity index (χ0) is 15.0. The van der Waals surface area contributed by atoms with E-state index in [2.05, 4.69) is 10.3 Å². The summed E-state index contributed by atoms with van der Waals surface area (Å²) in [5.41, 5.74) is 0.588.